The maximum Gasteiger partial charge on any atom is 0.0558 e. The van der Waals surface area contributed by atoms with Crippen LogP contribution >= 0.6 is 0 Å². The fourth-order valence-corrected chi connectivity index (χ4v) is 2.64. The van der Waals surface area contributed by atoms with E-state index >= 15 is 0 Å². The molecule has 0 bridgehead atoms. The van der Waals surface area contributed by atoms with Gasteiger partial charge in [-0.15, -0.1) is 0 Å². The van der Waals surface area contributed by atoms with Crippen molar-refractivity contribution >= 4 is 0 Å². The quantitative estimate of drug-likeness (QED) is 0.849. The number of aromatic nitrogens is 1. The Hall–Kier alpha value is -1.71. The smallest absolute Gasteiger partial charge is 0.0558 e. The van der Waals surface area contributed by atoms with E-state index in [0.29, 0.717) is 6.54 Å². The van der Waals surface area contributed by atoms with E-state index in [2.05, 4.69) is 54.1 Å². The van der Waals surface area contributed by atoms with Gasteiger partial charge in [-0.2, -0.15) is 0 Å². The van der Waals surface area contributed by atoms with E-state index in [1.165, 1.54) is 11.1 Å². The van der Waals surface area contributed by atoms with Gasteiger partial charge >= 0.3 is 0 Å². The minimum Gasteiger partial charge on any atom is -0.395 e. The van der Waals surface area contributed by atoms with Crippen LogP contribution in [-0.2, 0) is 12.0 Å². The lowest BCUT2D eigenvalue weighted by Gasteiger charge is -2.33. The molecule has 21 heavy (non-hydrogen) atoms. The van der Waals surface area contributed by atoms with E-state index < -0.39 is 0 Å². The zero-order valence-corrected chi connectivity index (χ0v) is 12.9. The molecule has 112 valence electrons. The molecule has 1 aromatic carbocycles. The Bertz CT molecular complexity index is 525. The monoisotopic (exact) mass is 284 g/mol. The molecule has 0 spiro atoms. The molecule has 0 aliphatic heterocycles. The van der Waals surface area contributed by atoms with E-state index in [4.69, 9.17) is 0 Å². The molecule has 2 rings (SSSR count). The van der Waals surface area contributed by atoms with Gasteiger partial charge in [0.1, 0.15) is 0 Å². The van der Waals surface area contributed by atoms with Gasteiger partial charge in [-0.3, -0.25) is 9.88 Å². The van der Waals surface area contributed by atoms with Crippen LogP contribution in [0.2, 0.25) is 0 Å². The van der Waals surface area contributed by atoms with Crippen molar-refractivity contribution in [2.75, 3.05) is 19.7 Å². The van der Waals surface area contributed by atoms with Crippen molar-refractivity contribution in [3.8, 4) is 0 Å². The Morgan fingerprint density at radius 3 is 2.48 bits per heavy atom. The first-order chi connectivity index (χ1) is 10.1. The summed E-state index contributed by atoms with van der Waals surface area (Å²) in [6.07, 6.45) is 3.67. The first kappa shape index (κ1) is 15.7. The van der Waals surface area contributed by atoms with Crippen molar-refractivity contribution in [3.05, 3.63) is 66.0 Å². The minimum atomic E-state index is 0.0403. The molecule has 0 fully saturated rings. The van der Waals surface area contributed by atoms with E-state index in [9.17, 15) is 5.11 Å². The number of benzene rings is 1. The molecule has 0 radical (unpaired) electrons. The van der Waals surface area contributed by atoms with Crippen LogP contribution in [0.3, 0.4) is 0 Å². The third-order valence-electron chi connectivity index (χ3n) is 3.72. The van der Waals surface area contributed by atoms with Gasteiger partial charge in [-0.25, -0.2) is 0 Å². The van der Waals surface area contributed by atoms with Gasteiger partial charge in [0.25, 0.3) is 0 Å². The van der Waals surface area contributed by atoms with E-state index in [-0.39, 0.29) is 12.0 Å². The average Bonchev–Trinajstić information content (AvgIpc) is 2.49. The van der Waals surface area contributed by atoms with Crippen molar-refractivity contribution < 1.29 is 5.11 Å². The predicted molar refractivity (Wildman–Crippen MR) is 86.1 cm³/mol. The van der Waals surface area contributed by atoms with Crippen molar-refractivity contribution in [1.82, 2.24) is 9.88 Å². The Labute approximate surface area is 127 Å². The van der Waals surface area contributed by atoms with E-state index in [0.717, 1.165) is 13.1 Å². The molecule has 0 saturated heterocycles. The van der Waals surface area contributed by atoms with Crippen LogP contribution in [0.5, 0.6) is 0 Å². The first-order valence-corrected chi connectivity index (χ1v) is 7.39. The van der Waals surface area contributed by atoms with Crippen molar-refractivity contribution in [3.63, 3.8) is 0 Å². The van der Waals surface area contributed by atoms with Crippen molar-refractivity contribution in [1.29, 1.82) is 0 Å². The summed E-state index contributed by atoms with van der Waals surface area (Å²) in [5.74, 6) is 0. The lowest BCUT2D eigenvalue weighted by atomic mass is 9.84. The maximum absolute atomic E-state index is 9.32. The average molecular weight is 284 g/mol. The van der Waals surface area contributed by atoms with Gasteiger partial charge in [0.2, 0.25) is 0 Å². The van der Waals surface area contributed by atoms with Gasteiger partial charge in [-0.1, -0.05) is 50.2 Å². The molecule has 0 aliphatic carbocycles. The maximum atomic E-state index is 9.32. The highest BCUT2D eigenvalue weighted by Gasteiger charge is 2.23. The third-order valence-corrected chi connectivity index (χ3v) is 3.72. The zero-order chi connectivity index (χ0) is 15.1. The molecule has 0 aliphatic rings. The SMILES string of the molecule is CC(C)(CN(CCO)Cc1cccnc1)c1ccccc1. The summed E-state index contributed by atoms with van der Waals surface area (Å²) in [5, 5.41) is 9.32. The normalized spacial score (nSPS) is 11.8. The molecular weight excluding hydrogens is 260 g/mol. The van der Waals surface area contributed by atoms with E-state index in [1.54, 1.807) is 6.20 Å². The summed E-state index contributed by atoms with van der Waals surface area (Å²) in [6.45, 7) is 7.04. The molecule has 0 saturated carbocycles. The van der Waals surface area contributed by atoms with Crippen molar-refractivity contribution in [2.45, 2.75) is 25.8 Å². The number of nitrogens with zero attached hydrogens (tertiary/aromatic N) is 2. The summed E-state index contributed by atoms with van der Waals surface area (Å²) in [7, 11) is 0. The van der Waals surface area contributed by atoms with Gasteiger partial charge in [0.15, 0.2) is 0 Å². The van der Waals surface area contributed by atoms with Gasteiger partial charge < -0.3 is 5.11 Å². The molecule has 0 amide bonds. The number of aliphatic hydroxyl groups is 1. The Balaban J connectivity index is 2.08. The van der Waals surface area contributed by atoms with Crippen LogP contribution in [0.25, 0.3) is 0 Å². The molecule has 3 heteroatoms. The Kier molecular flexibility index (Phi) is 5.48. The second-order valence-corrected chi connectivity index (χ2v) is 6.05. The van der Waals surface area contributed by atoms with Gasteiger partial charge in [0.05, 0.1) is 6.61 Å². The van der Waals surface area contributed by atoms with Crippen LogP contribution in [0.15, 0.2) is 54.9 Å². The number of pyridine rings is 1. The Morgan fingerprint density at radius 2 is 1.86 bits per heavy atom. The van der Waals surface area contributed by atoms with Crippen LogP contribution in [0.1, 0.15) is 25.0 Å². The molecule has 0 unspecified atom stereocenters. The van der Waals surface area contributed by atoms with Crippen molar-refractivity contribution in [2.24, 2.45) is 0 Å². The topological polar surface area (TPSA) is 36.4 Å². The highest BCUT2D eigenvalue weighted by atomic mass is 16.3. The largest absolute Gasteiger partial charge is 0.395 e. The van der Waals surface area contributed by atoms with Gasteiger partial charge in [0, 0.05) is 37.4 Å². The zero-order valence-electron chi connectivity index (χ0n) is 12.9. The Morgan fingerprint density at radius 1 is 1.10 bits per heavy atom. The second-order valence-electron chi connectivity index (χ2n) is 6.05. The third kappa shape index (κ3) is 4.66. The molecule has 1 heterocycles. The van der Waals surface area contributed by atoms with Gasteiger partial charge in [-0.05, 0) is 17.2 Å². The molecule has 1 N–H and O–H groups in total. The lowest BCUT2D eigenvalue weighted by molar-refractivity contribution is 0.165. The lowest BCUT2D eigenvalue weighted by Crippen LogP contribution is -2.38. The first-order valence-electron chi connectivity index (χ1n) is 7.39. The highest BCUT2D eigenvalue weighted by Crippen LogP contribution is 2.24. The summed E-state index contributed by atoms with van der Waals surface area (Å²) in [6, 6.07) is 14.6. The summed E-state index contributed by atoms with van der Waals surface area (Å²) in [4.78, 5) is 6.45. The standard InChI is InChI=1S/C18H24N2O/c1-18(2,17-8-4-3-5-9-17)15-20(11-12-21)14-16-7-6-10-19-13-16/h3-10,13,21H,11-12,14-15H2,1-2H3. The second kappa shape index (κ2) is 7.34. The molecule has 2 aromatic rings. The fraction of sp³-hybridized carbons (Fsp3) is 0.389. The molecule has 1 aromatic heterocycles. The number of aliphatic hydroxyl groups excluding tert-OH is 1. The van der Waals surface area contributed by atoms with Crippen LogP contribution in [0, 0.1) is 0 Å². The highest BCUT2D eigenvalue weighted by molar-refractivity contribution is 5.24. The molecule has 0 atom stereocenters. The predicted octanol–water partition coefficient (Wildman–Crippen LogP) is 2.85. The summed E-state index contributed by atoms with van der Waals surface area (Å²) in [5.41, 5.74) is 2.53. The fourth-order valence-electron chi connectivity index (χ4n) is 2.64. The molecular formula is C18H24N2O. The summed E-state index contributed by atoms with van der Waals surface area (Å²) >= 11 is 0. The van der Waals surface area contributed by atoms with E-state index in [1.807, 2.05) is 18.3 Å². The minimum absolute atomic E-state index is 0.0403. The summed E-state index contributed by atoms with van der Waals surface area (Å²) < 4.78 is 0. The van der Waals surface area contributed by atoms with Crippen LogP contribution in [-0.4, -0.2) is 34.7 Å². The molecule has 3 nitrogen and oxygen atoms in total. The number of hydrogen-bond acceptors (Lipinski definition) is 3. The number of hydrogen-bond donors (Lipinski definition) is 1. The number of rotatable bonds is 7. The van der Waals surface area contributed by atoms with Crippen LogP contribution in [0.4, 0.5) is 0 Å². The van der Waals surface area contributed by atoms with Crippen LogP contribution < -0.4 is 0 Å².